The fourth-order valence-corrected chi connectivity index (χ4v) is 3.63. The van der Waals surface area contributed by atoms with Crippen molar-refractivity contribution in [1.82, 2.24) is 14.5 Å². The first kappa shape index (κ1) is 22.6. The van der Waals surface area contributed by atoms with E-state index < -0.39 is 11.7 Å². The second-order valence-electron chi connectivity index (χ2n) is 8.58. The van der Waals surface area contributed by atoms with E-state index in [1.165, 1.54) is 12.1 Å². The summed E-state index contributed by atoms with van der Waals surface area (Å²) >= 11 is 0. The number of aromatic nitrogens is 3. The number of nitrogens with two attached hydrogens (primary N) is 1. The summed E-state index contributed by atoms with van der Waals surface area (Å²) in [5.41, 5.74) is 8.14. The zero-order chi connectivity index (χ0) is 23.7. The molecule has 1 saturated carbocycles. The number of nitrogens with zero attached hydrogens (tertiary/aromatic N) is 4. The lowest BCUT2D eigenvalue weighted by Gasteiger charge is -2.24. The van der Waals surface area contributed by atoms with E-state index in [0.717, 1.165) is 18.5 Å². The highest BCUT2D eigenvalue weighted by Crippen LogP contribution is 2.39. The van der Waals surface area contributed by atoms with Gasteiger partial charge in [0.25, 0.3) is 5.91 Å². The molecule has 0 saturated heterocycles. The molecular weight excluding hydrogens is 421 g/mol. The Kier molecular flexibility index (Phi) is 6.24. The molecule has 8 nitrogen and oxygen atoms in total. The largest absolute Gasteiger partial charge is 0.313 e. The number of anilines is 2. The van der Waals surface area contributed by atoms with Crippen molar-refractivity contribution in [1.29, 1.82) is 5.41 Å². The van der Waals surface area contributed by atoms with Crippen LogP contribution >= 0.6 is 0 Å². The quantitative estimate of drug-likeness (QED) is 0.279. The molecule has 9 heteroatoms. The van der Waals surface area contributed by atoms with Crippen LogP contribution in [0.2, 0.25) is 0 Å². The van der Waals surface area contributed by atoms with Gasteiger partial charge in [0.05, 0.1) is 29.9 Å². The number of carbonyl (C=O) groups excluding carboxylic acids is 1. The van der Waals surface area contributed by atoms with E-state index in [1.54, 1.807) is 36.4 Å². The third-order valence-electron chi connectivity index (χ3n) is 5.68. The van der Waals surface area contributed by atoms with Crippen LogP contribution in [0.3, 0.4) is 0 Å². The zero-order valence-corrected chi connectivity index (χ0v) is 19.0. The lowest BCUT2D eigenvalue weighted by molar-refractivity contribution is 0.102. The van der Waals surface area contributed by atoms with Gasteiger partial charge in [-0.25, -0.2) is 14.4 Å². The van der Waals surface area contributed by atoms with Crippen molar-refractivity contribution in [2.75, 3.05) is 16.9 Å². The third-order valence-corrected chi connectivity index (χ3v) is 5.68. The van der Waals surface area contributed by atoms with Crippen molar-refractivity contribution in [3.05, 3.63) is 65.5 Å². The van der Waals surface area contributed by atoms with Gasteiger partial charge in [0.1, 0.15) is 23.3 Å². The molecule has 2 aromatic heterocycles. The van der Waals surface area contributed by atoms with E-state index in [2.05, 4.69) is 15.3 Å². The monoisotopic (exact) mass is 451 g/mol. The summed E-state index contributed by atoms with van der Waals surface area (Å²) in [6.07, 6.45) is 5.91. The molecule has 33 heavy (non-hydrogen) atoms. The highest BCUT2D eigenvalue weighted by atomic mass is 19.1. The minimum atomic E-state index is -0.613. The van der Waals surface area contributed by atoms with Crippen LogP contribution in [-0.4, -0.2) is 32.9 Å². The number of carbonyl (C=O) groups is 1. The molecule has 4 rings (SSSR count). The summed E-state index contributed by atoms with van der Waals surface area (Å²) in [5, 5.41) is 10.9. The molecule has 0 spiro atoms. The van der Waals surface area contributed by atoms with Crippen LogP contribution in [-0.2, 0) is 0 Å². The average molecular weight is 452 g/mol. The lowest BCUT2D eigenvalue weighted by atomic mass is 10.1. The molecule has 2 heterocycles. The van der Waals surface area contributed by atoms with Crippen molar-refractivity contribution in [2.45, 2.75) is 39.5 Å². The maximum atomic E-state index is 14.7. The fourth-order valence-electron chi connectivity index (χ4n) is 3.63. The number of hydrogen-bond donors (Lipinski definition) is 3. The number of nitrogens with one attached hydrogen (secondary N) is 2. The highest BCUT2D eigenvalue weighted by Gasteiger charge is 2.26. The highest BCUT2D eigenvalue weighted by molar-refractivity contribution is 6.04. The van der Waals surface area contributed by atoms with Crippen LogP contribution in [0.15, 0.2) is 42.9 Å². The Morgan fingerprint density at radius 1 is 1.39 bits per heavy atom. The van der Waals surface area contributed by atoms with Gasteiger partial charge in [-0.05, 0) is 49.6 Å². The Morgan fingerprint density at radius 2 is 2.15 bits per heavy atom. The molecule has 4 N–H and O–H groups in total. The minimum Gasteiger partial charge on any atom is -0.313 e. The molecule has 1 aliphatic rings. The average Bonchev–Trinajstić information content (AvgIpc) is 3.51. The van der Waals surface area contributed by atoms with Gasteiger partial charge >= 0.3 is 0 Å². The Morgan fingerprint density at radius 3 is 2.82 bits per heavy atom. The molecule has 1 fully saturated rings. The van der Waals surface area contributed by atoms with Crippen molar-refractivity contribution in [3.8, 4) is 5.69 Å². The van der Waals surface area contributed by atoms with Crippen molar-refractivity contribution >= 4 is 23.4 Å². The number of amides is 1. The lowest BCUT2D eigenvalue weighted by Crippen LogP contribution is -2.38. The molecule has 0 aliphatic heterocycles. The fraction of sp³-hybridized carbons (Fsp3) is 0.333. The van der Waals surface area contributed by atoms with Gasteiger partial charge in [0, 0.05) is 19.5 Å². The van der Waals surface area contributed by atoms with Gasteiger partial charge in [0.2, 0.25) is 0 Å². The summed E-state index contributed by atoms with van der Waals surface area (Å²) in [6.45, 7) is 5.66. The minimum absolute atomic E-state index is 0. The van der Waals surface area contributed by atoms with Crippen molar-refractivity contribution in [2.24, 2.45) is 11.7 Å². The first-order chi connectivity index (χ1) is 15.8. The number of amidine groups is 1. The van der Waals surface area contributed by atoms with Crippen LogP contribution in [0.4, 0.5) is 16.0 Å². The van der Waals surface area contributed by atoms with E-state index >= 15 is 0 Å². The molecule has 1 amide bonds. The second-order valence-corrected chi connectivity index (χ2v) is 8.58. The molecule has 0 unspecified atom stereocenters. The number of aryl methyl sites for hydroxylation is 1. The molecule has 1 aromatic carbocycles. The predicted octanol–water partition coefficient (Wildman–Crippen LogP) is 4.45. The van der Waals surface area contributed by atoms with Gasteiger partial charge in [-0.15, -0.1) is 0 Å². The van der Waals surface area contributed by atoms with Crippen LogP contribution < -0.4 is 16.0 Å². The summed E-state index contributed by atoms with van der Waals surface area (Å²) in [6, 6.07) is 7.91. The summed E-state index contributed by atoms with van der Waals surface area (Å²) in [7, 11) is 0. The number of hydrogen-bond acceptors (Lipinski definition) is 5. The molecule has 0 bridgehead atoms. The van der Waals surface area contributed by atoms with Crippen LogP contribution in [0.1, 0.15) is 55.6 Å². The topological polar surface area (TPSA) is 113 Å². The Labute approximate surface area is 193 Å². The Bertz CT molecular complexity index is 1210. The van der Waals surface area contributed by atoms with Gasteiger partial charge in [-0.2, -0.15) is 0 Å². The first-order valence-electron chi connectivity index (χ1n) is 11.0. The van der Waals surface area contributed by atoms with E-state index in [4.69, 9.17) is 11.1 Å². The van der Waals surface area contributed by atoms with Crippen molar-refractivity contribution in [3.63, 3.8) is 0 Å². The number of pyridine rings is 1. The third kappa shape index (κ3) is 4.78. The van der Waals surface area contributed by atoms with Gasteiger partial charge in [-0.1, -0.05) is 19.9 Å². The Hall–Kier alpha value is -3.59. The van der Waals surface area contributed by atoms with Crippen LogP contribution in [0.5, 0.6) is 0 Å². The SMILES string of the molecule is Cc1cc(F)c(C(=O)Nc2cccc(N(CN)C(=N)C(C)C)n2)cc1-n1cnc(C2CC2)c1.[HH]. The molecule has 1 aliphatic carbocycles. The van der Waals surface area contributed by atoms with Gasteiger partial charge in [-0.3, -0.25) is 10.2 Å². The van der Waals surface area contributed by atoms with Crippen LogP contribution in [0, 0.1) is 24.1 Å². The number of halogens is 1. The molecule has 174 valence electrons. The first-order valence-corrected chi connectivity index (χ1v) is 11.0. The van der Waals surface area contributed by atoms with Crippen LogP contribution in [0.25, 0.3) is 5.69 Å². The molecular formula is C24H30FN7O. The second kappa shape index (κ2) is 9.11. The van der Waals surface area contributed by atoms with Gasteiger partial charge < -0.3 is 20.5 Å². The number of benzene rings is 1. The van der Waals surface area contributed by atoms with E-state index in [-0.39, 0.29) is 25.4 Å². The van der Waals surface area contributed by atoms with E-state index in [9.17, 15) is 9.18 Å². The van der Waals surface area contributed by atoms with Crippen molar-refractivity contribution < 1.29 is 10.6 Å². The standard InChI is InChI=1S/C24H28FN7O.H2/c1-14(2)23(27)32(12-26)22-6-4-5-21(29-22)30-24(33)17-10-20(15(3)9-18(17)25)31-11-19(28-13-31)16-7-8-16;/h4-6,9-11,13-14,16,27H,7-8,12,26H2,1-3H3,(H,29,30,33);1H. The number of imidazole rings is 1. The van der Waals surface area contributed by atoms with Gasteiger partial charge in [0.15, 0.2) is 0 Å². The summed E-state index contributed by atoms with van der Waals surface area (Å²) < 4.78 is 16.6. The smallest absolute Gasteiger partial charge is 0.259 e. The summed E-state index contributed by atoms with van der Waals surface area (Å²) in [5.74, 6) is 0.221. The Balaban J connectivity index is 0.00000324. The molecule has 0 atom stereocenters. The van der Waals surface area contributed by atoms with E-state index in [1.807, 2.05) is 24.6 Å². The maximum Gasteiger partial charge on any atom is 0.259 e. The normalized spacial score (nSPS) is 13.3. The molecule has 0 radical (unpaired) electrons. The zero-order valence-electron chi connectivity index (χ0n) is 19.0. The van der Waals surface area contributed by atoms with E-state index in [0.29, 0.717) is 28.8 Å². The molecule has 3 aromatic rings. The maximum absolute atomic E-state index is 14.7. The summed E-state index contributed by atoms with van der Waals surface area (Å²) in [4.78, 5) is 23.4. The predicted molar refractivity (Wildman–Crippen MR) is 129 cm³/mol. The number of rotatable bonds is 7.